The Morgan fingerprint density at radius 3 is 2.36 bits per heavy atom. The van der Waals surface area contributed by atoms with E-state index in [1.165, 1.54) is 70.6 Å². The lowest BCUT2D eigenvalue weighted by Crippen LogP contribution is -2.36. The van der Waals surface area contributed by atoms with Crippen molar-refractivity contribution in [2.45, 2.75) is 83.7 Å². The van der Waals surface area contributed by atoms with Gasteiger partial charge in [0.25, 0.3) is 0 Å². The molecular formula is C19H36N2O. The average Bonchev–Trinajstić information content (AvgIpc) is 2.96. The van der Waals surface area contributed by atoms with E-state index >= 15 is 0 Å². The molecule has 1 heterocycles. The van der Waals surface area contributed by atoms with Gasteiger partial charge in [-0.1, -0.05) is 57.6 Å². The topological polar surface area (TPSA) is 35.5 Å². The first-order valence-corrected chi connectivity index (χ1v) is 9.32. The number of allylic oxidation sites excluding steroid dienone is 2. The second-order valence-corrected chi connectivity index (χ2v) is 6.25. The maximum atomic E-state index is 9.01. The van der Waals surface area contributed by atoms with Crippen molar-refractivity contribution >= 4 is 0 Å². The van der Waals surface area contributed by atoms with Crippen LogP contribution in [0.25, 0.3) is 0 Å². The Morgan fingerprint density at radius 2 is 1.68 bits per heavy atom. The number of hydrogen-bond acceptors (Lipinski definition) is 3. The summed E-state index contributed by atoms with van der Waals surface area (Å²) < 4.78 is 0. The summed E-state index contributed by atoms with van der Waals surface area (Å²) in [6, 6.07) is 0. The molecule has 1 aliphatic rings. The van der Waals surface area contributed by atoms with Crippen molar-refractivity contribution in [2.24, 2.45) is 0 Å². The Labute approximate surface area is 137 Å². The van der Waals surface area contributed by atoms with Crippen LogP contribution in [0.4, 0.5) is 0 Å². The molecule has 0 spiro atoms. The largest absolute Gasteiger partial charge is 0.395 e. The first kappa shape index (κ1) is 19.1. The molecule has 0 radical (unpaired) electrons. The summed E-state index contributed by atoms with van der Waals surface area (Å²) in [5, 5.41) is 12.4. The summed E-state index contributed by atoms with van der Waals surface area (Å²) >= 11 is 0. The zero-order valence-electron chi connectivity index (χ0n) is 14.5. The van der Waals surface area contributed by atoms with E-state index < -0.39 is 0 Å². The van der Waals surface area contributed by atoms with Crippen LogP contribution in [0.15, 0.2) is 24.6 Å². The van der Waals surface area contributed by atoms with Crippen molar-refractivity contribution in [1.29, 1.82) is 0 Å². The van der Waals surface area contributed by atoms with E-state index in [0.29, 0.717) is 6.17 Å². The van der Waals surface area contributed by atoms with Crippen LogP contribution in [0.3, 0.4) is 0 Å². The summed E-state index contributed by atoms with van der Waals surface area (Å²) in [4.78, 5) is 2.20. The fourth-order valence-corrected chi connectivity index (χ4v) is 2.99. The van der Waals surface area contributed by atoms with Crippen LogP contribution in [-0.2, 0) is 0 Å². The molecule has 0 aromatic rings. The molecule has 1 unspecified atom stereocenters. The monoisotopic (exact) mass is 308 g/mol. The summed E-state index contributed by atoms with van der Waals surface area (Å²) in [6.45, 7) is 3.16. The quantitative estimate of drug-likeness (QED) is 0.365. The minimum Gasteiger partial charge on any atom is -0.395 e. The fourth-order valence-electron chi connectivity index (χ4n) is 2.99. The van der Waals surface area contributed by atoms with Crippen molar-refractivity contribution in [3.8, 4) is 0 Å². The van der Waals surface area contributed by atoms with Gasteiger partial charge in [-0.05, 0) is 32.1 Å². The molecular weight excluding hydrogens is 272 g/mol. The van der Waals surface area contributed by atoms with Gasteiger partial charge >= 0.3 is 0 Å². The molecule has 1 aliphatic heterocycles. The van der Waals surface area contributed by atoms with E-state index in [0.717, 1.165) is 6.54 Å². The van der Waals surface area contributed by atoms with E-state index in [4.69, 9.17) is 5.11 Å². The van der Waals surface area contributed by atoms with Crippen LogP contribution in [0.2, 0.25) is 0 Å². The molecule has 2 N–H and O–H groups in total. The highest BCUT2D eigenvalue weighted by Gasteiger charge is 2.16. The standard InChI is InChI=1S/C19H36N2O/c1-2-3-4-5-6-7-8-9-10-11-12-13-14-19-20-15-16-21(19)17-18-22/h3-4,15-16,19-20,22H,2,5-14,17-18H2,1H3/b4-3+. The molecule has 0 bridgehead atoms. The molecule has 0 saturated carbocycles. The van der Waals surface area contributed by atoms with Crippen molar-refractivity contribution in [1.82, 2.24) is 10.2 Å². The molecule has 1 atom stereocenters. The molecule has 0 saturated heterocycles. The van der Waals surface area contributed by atoms with Gasteiger partial charge in [0.05, 0.1) is 12.8 Å². The van der Waals surface area contributed by atoms with Crippen molar-refractivity contribution in [2.75, 3.05) is 13.2 Å². The van der Waals surface area contributed by atoms with Crippen molar-refractivity contribution in [3.63, 3.8) is 0 Å². The summed E-state index contributed by atoms with van der Waals surface area (Å²) in [5.74, 6) is 0. The van der Waals surface area contributed by atoms with Crippen LogP contribution < -0.4 is 5.32 Å². The zero-order valence-corrected chi connectivity index (χ0v) is 14.5. The average molecular weight is 309 g/mol. The van der Waals surface area contributed by atoms with Gasteiger partial charge in [0.15, 0.2) is 0 Å². The number of aliphatic hydroxyl groups is 1. The SMILES string of the molecule is CC/C=C/CCCCCCCCCCC1NC=CN1CCO. The van der Waals surface area contributed by atoms with E-state index in [1.807, 2.05) is 6.20 Å². The lowest BCUT2D eigenvalue weighted by atomic mass is 10.1. The summed E-state index contributed by atoms with van der Waals surface area (Å²) in [7, 11) is 0. The lowest BCUT2D eigenvalue weighted by molar-refractivity contribution is 0.194. The molecule has 22 heavy (non-hydrogen) atoms. The lowest BCUT2D eigenvalue weighted by Gasteiger charge is -2.24. The van der Waals surface area contributed by atoms with Gasteiger partial charge in [-0.15, -0.1) is 0 Å². The number of hydrogen-bond donors (Lipinski definition) is 2. The summed E-state index contributed by atoms with van der Waals surface area (Å²) in [6.07, 6.45) is 23.6. The first-order valence-electron chi connectivity index (χ1n) is 9.32. The highest BCUT2D eigenvalue weighted by molar-refractivity contribution is 4.93. The van der Waals surface area contributed by atoms with Gasteiger partial charge in [0.1, 0.15) is 0 Å². The number of β-amino-alcohol motifs (C(OH)–C–C–N with tert-alkyl or cyclic N) is 1. The molecule has 1 rings (SSSR count). The highest BCUT2D eigenvalue weighted by Crippen LogP contribution is 2.14. The Morgan fingerprint density at radius 1 is 1.00 bits per heavy atom. The first-order chi connectivity index (χ1) is 10.9. The second kappa shape index (κ2) is 13.7. The van der Waals surface area contributed by atoms with E-state index in [1.54, 1.807) is 0 Å². The number of unbranched alkanes of at least 4 members (excludes halogenated alkanes) is 8. The molecule has 0 amide bonds. The third-order valence-corrected chi connectivity index (χ3v) is 4.31. The number of aliphatic hydroxyl groups excluding tert-OH is 1. The van der Waals surface area contributed by atoms with Gasteiger partial charge in [-0.25, -0.2) is 0 Å². The third kappa shape index (κ3) is 9.14. The van der Waals surface area contributed by atoms with Crippen molar-refractivity contribution < 1.29 is 5.11 Å². The van der Waals surface area contributed by atoms with Gasteiger partial charge in [0, 0.05) is 18.9 Å². The Kier molecular flexibility index (Phi) is 11.9. The van der Waals surface area contributed by atoms with Gasteiger partial charge in [-0.3, -0.25) is 0 Å². The molecule has 3 heteroatoms. The Balaban J connectivity index is 1.83. The Hall–Kier alpha value is -0.960. The molecule has 3 nitrogen and oxygen atoms in total. The Bertz CT molecular complexity index is 302. The minimum absolute atomic E-state index is 0.233. The minimum atomic E-state index is 0.233. The smallest absolute Gasteiger partial charge is 0.0982 e. The highest BCUT2D eigenvalue weighted by atomic mass is 16.3. The predicted molar refractivity (Wildman–Crippen MR) is 95.5 cm³/mol. The fraction of sp³-hybridized carbons (Fsp3) is 0.789. The molecule has 0 aliphatic carbocycles. The van der Waals surface area contributed by atoms with Crippen LogP contribution in [0.1, 0.15) is 77.6 Å². The molecule has 0 aromatic carbocycles. The van der Waals surface area contributed by atoms with Crippen LogP contribution >= 0.6 is 0 Å². The third-order valence-electron chi connectivity index (χ3n) is 4.31. The normalized spacial score (nSPS) is 17.5. The zero-order chi connectivity index (χ0) is 15.9. The van der Waals surface area contributed by atoms with Crippen LogP contribution in [0.5, 0.6) is 0 Å². The number of nitrogens with one attached hydrogen (secondary N) is 1. The predicted octanol–water partition coefficient (Wildman–Crippen LogP) is 4.55. The van der Waals surface area contributed by atoms with Gasteiger partial charge in [-0.2, -0.15) is 0 Å². The molecule has 0 aromatic heterocycles. The van der Waals surface area contributed by atoms with Crippen LogP contribution in [-0.4, -0.2) is 29.3 Å². The van der Waals surface area contributed by atoms with E-state index in [2.05, 4.69) is 35.5 Å². The van der Waals surface area contributed by atoms with Gasteiger partial charge < -0.3 is 15.3 Å². The summed E-state index contributed by atoms with van der Waals surface area (Å²) in [5.41, 5.74) is 0. The van der Waals surface area contributed by atoms with Crippen molar-refractivity contribution in [3.05, 3.63) is 24.6 Å². The second-order valence-electron chi connectivity index (χ2n) is 6.25. The molecule has 0 fully saturated rings. The van der Waals surface area contributed by atoms with Gasteiger partial charge in [0.2, 0.25) is 0 Å². The van der Waals surface area contributed by atoms with E-state index in [-0.39, 0.29) is 6.61 Å². The van der Waals surface area contributed by atoms with E-state index in [9.17, 15) is 0 Å². The van der Waals surface area contributed by atoms with Crippen LogP contribution in [0, 0.1) is 0 Å². The number of rotatable bonds is 14. The maximum Gasteiger partial charge on any atom is 0.0982 e. The number of nitrogens with zero attached hydrogens (tertiary/aromatic N) is 1. The maximum absolute atomic E-state index is 9.01. The molecule has 128 valence electrons.